The molecule has 0 saturated heterocycles. The van der Waals surface area contributed by atoms with Crippen molar-refractivity contribution in [3.63, 3.8) is 0 Å². The zero-order valence-corrected chi connectivity index (χ0v) is 7.81. The number of aliphatic hydroxyl groups is 1. The summed E-state index contributed by atoms with van der Waals surface area (Å²) in [6.45, 7) is 0.358. The number of hydrogen-bond donors (Lipinski definition) is 2. The molecule has 0 bridgehead atoms. The Hall–Kier alpha value is -1.36. The smallest absolute Gasteiger partial charge is 0.293 e. The van der Waals surface area contributed by atoms with Gasteiger partial charge in [-0.05, 0) is 12.8 Å². The summed E-state index contributed by atoms with van der Waals surface area (Å²) in [7, 11) is 0. The van der Waals surface area contributed by atoms with Gasteiger partial charge in [0.05, 0.1) is 6.61 Å². The SMILES string of the molecule is O=c1c(NCCO)nccn1C1CC1. The molecule has 0 aliphatic heterocycles. The van der Waals surface area contributed by atoms with Gasteiger partial charge >= 0.3 is 0 Å². The first-order valence-electron chi connectivity index (χ1n) is 4.75. The summed E-state index contributed by atoms with van der Waals surface area (Å²) < 4.78 is 1.70. The maximum atomic E-state index is 11.7. The van der Waals surface area contributed by atoms with Crippen molar-refractivity contribution in [1.82, 2.24) is 9.55 Å². The van der Waals surface area contributed by atoms with Crippen LogP contribution in [-0.2, 0) is 0 Å². The molecule has 0 spiro atoms. The minimum Gasteiger partial charge on any atom is -0.395 e. The van der Waals surface area contributed by atoms with Gasteiger partial charge in [0.15, 0.2) is 5.82 Å². The fourth-order valence-electron chi connectivity index (χ4n) is 1.36. The zero-order valence-electron chi connectivity index (χ0n) is 7.81. The Morgan fingerprint density at radius 3 is 3.07 bits per heavy atom. The number of aromatic nitrogens is 2. The quantitative estimate of drug-likeness (QED) is 0.708. The molecule has 0 unspecified atom stereocenters. The Morgan fingerprint density at radius 1 is 1.64 bits per heavy atom. The summed E-state index contributed by atoms with van der Waals surface area (Å²) >= 11 is 0. The van der Waals surface area contributed by atoms with E-state index in [0.29, 0.717) is 18.4 Å². The molecule has 1 aromatic rings. The number of nitrogens with zero attached hydrogens (tertiary/aromatic N) is 2. The Balaban J connectivity index is 2.22. The molecule has 1 aromatic heterocycles. The lowest BCUT2D eigenvalue weighted by Gasteiger charge is -2.06. The molecule has 1 aliphatic rings. The first-order chi connectivity index (χ1) is 6.83. The topological polar surface area (TPSA) is 67.2 Å². The van der Waals surface area contributed by atoms with Crippen LogP contribution in [0.15, 0.2) is 17.2 Å². The summed E-state index contributed by atoms with van der Waals surface area (Å²) in [5.41, 5.74) is -0.0940. The van der Waals surface area contributed by atoms with Crippen molar-refractivity contribution in [3.05, 3.63) is 22.7 Å². The Kier molecular flexibility index (Phi) is 2.49. The van der Waals surface area contributed by atoms with Crippen LogP contribution in [0.1, 0.15) is 18.9 Å². The van der Waals surface area contributed by atoms with E-state index in [1.807, 2.05) is 0 Å². The highest BCUT2D eigenvalue weighted by Crippen LogP contribution is 2.33. The molecule has 1 fully saturated rings. The molecule has 0 aromatic carbocycles. The number of nitrogens with one attached hydrogen (secondary N) is 1. The third-order valence-electron chi connectivity index (χ3n) is 2.21. The lowest BCUT2D eigenvalue weighted by molar-refractivity contribution is 0.311. The summed E-state index contributed by atoms with van der Waals surface area (Å²) in [5, 5.41) is 11.4. The fraction of sp³-hybridized carbons (Fsp3) is 0.556. The Morgan fingerprint density at radius 2 is 2.43 bits per heavy atom. The Bertz CT molecular complexity index is 371. The molecule has 2 rings (SSSR count). The Labute approximate surface area is 81.4 Å². The highest BCUT2D eigenvalue weighted by atomic mass is 16.3. The van der Waals surface area contributed by atoms with Crippen LogP contribution in [0.4, 0.5) is 5.82 Å². The molecule has 0 radical (unpaired) electrons. The molecule has 0 atom stereocenters. The van der Waals surface area contributed by atoms with Gasteiger partial charge in [-0.15, -0.1) is 0 Å². The monoisotopic (exact) mass is 195 g/mol. The van der Waals surface area contributed by atoms with Crippen LogP contribution in [0, 0.1) is 0 Å². The van der Waals surface area contributed by atoms with E-state index < -0.39 is 0 Å². The molecule has 0 amide bonds. The van der Waals surface area contributed by atoms with Crippen molar-refractivity contribution in [2.75, 3.05) is 18.5 Å². The van der Waals surface area contributed by atoms with Crippen LogP contribution >= 0.6 is 0 Å². The predicted octanol–water partition coefficient (Wildman–Crippen LogP) is -0.0176. The molecular formula is C9H13N3O2. The average Bonchev–Trinajstić information content (AvgIpc) is 3.00. The normalized spacial score (nSPS) is 15.5. The lowest BCUT2D eigenvalue weighted by atomic mass is 10.5. The van der Waals surface area contributed by atoms with Gasteiger partial charge in [0.2, 0.25) is 0 Å². The van der Waals surface area contributed by atoms with E-state index in [1.165, 1.54) is 0 Å². The van der Waals surface area contributed by atoms with Gasteiger partial charge in [-0.2, -0.15) is 0 Å². The van der Waals surface area contributed by atoms with Crippen molar-refractivity contribution >= 4 is 5.82 Å². The van der Waals surface area contributed by atoms with Crippen LogP contribution in [0.5, 0.6) is 0 Å². The highest BCUT2D eigenvalue weighted by Gasteiger charge is 2.24. The molecule has 5 heteroatoms. The van der Waals surface area contributed by atoms with E-state index in [9.17, 15) is 4.79 Å². The van der Waals surface area contributed by atoms with Gasteiger partial charge in [0.25, 0.3) is 5.56 Å². The number of hydrogen-bond acceptors (Lipinski definition) is 4. The summed E-state index contributed by atoms with van der Waals surface area (Å²) in [4.78, 5) is 15.6. The van der Waals surface area contributed by atoms with E-state index in [2.05, 4.69) is 10.3 Å². The van der Waals surface area contributed by atoms with Crippen molar-refractivity contribution in [2.45, 2.75) is 18.9 Å². The largest absolute Gasteiger partial charge is 0.395 e. The average molecular weight is 195 g/mol. The van der Waals surface area contributed by atoms with Crippen LogP contribution < -0.4 is 10.9 Å². The van der Waals surface area contributed by atoms with Gasteiger partial charge < -0.3 is 15.0 Å². The lowest BCUT2D eigenvalue weighted by Crippen LogP contribution is -2.24. The molecular weight excluding hydrogens is 182 g/mol. The minimum absolute atomic E-state index is 0.000553. The van der Waals surface area contributed by atoms with Crippen molar-refractivity contribution in [2.24, 2.45) is 0 Å². The summed E-state index contributed by atoms with van der Waals surface area (Å²) in [6.07, 6.45) is 5.47. The molecule has 76 valence electrons. The van der Waals surface area contributed by atoms with Gasteiger partial charge in [-0.25, -0.2) is 4.98 Å². The zero-order chi connectivity index (χ0) is 9.97. The van der Waals surface area contributed by atoms with Crippen LogP contribution in [0.2, 0.25) is 0 Å². The van der Waals surface area contributed by atoms with Gasteiger partial charge in [0, 0.05) is 25.0 Å². The van der Waals surface area contributed by atoms with Crippen LogP contribution in [0.3, 0.4) is 0 Å². The fourth-order valence-corrected chi connectivity index (χ4v) is 1.36. The minimum atomic E-state index is -0.0940. The number of aliphatic hydroxyl groups excluding tert-OH is 1. The van der Waals surface area contributed by atoms with Crippen molar-refractivity contribution in [1.29, 1.82) is 0 Å². The van der Waals surface area contributed by atoms with Gasteiger partial charge in [-0.1, -0.05) is 0 Å². The van der Waals surface area contributed by atoms with E-state index in [4.69, 9.17) is 5.11 Å². The molecule has 14 heavy (non-hydrogen) atoms. The third kappa shape index (κ3) is 1.77. The van der Waals surface area contributed by atoms with Crippen molar-refractivity contribution < 1.29 is 5.11 Å². The summed E-state index contributed by atoms with van der Waals surface area (Å²) in [5.74, 6) is 0.327. The molecule has 2 N–H and O–H groups in total. The first kappa shape index (κ1) is 9.21. The van der Waals surface area contributed by atoms with E-state index in [0.717, 1.165) is 12.8 Å². The molecule has 1 saturated carbocycles. The van der Waals surface area contributed by atoms with Gasteiger partial charge in [0.1, 0.15) is 0 Å². The second-order valence-electron chi connectivity index (χ2n) is 3.37. The maximum absolute atomic E-state index is 11.7. The van der Waals surface area contributed by atoms with E-state index in [1.54, 1.807) is 17.0 Å². The third-order valence-corrected chi connectivity index (χ3v) is 2.21. The number of anilines is 1. The second kappa shape index (κ2) is 3.79. The molecule has 1 aliphatic carbocycles. The number of rotatable bonds is 4. The highest BCUT2D eigenvalue weighted by molar-refractivity contribution is 5.30. The molecule has 5 nitrogen and oxygen atoms in total. The summed E-state index contributed by atoms with van der Waals surface area (Å²) in [6, 6.07) is 0.361. The maximum Gasteiger partial charge on any atom is 0.293 e. The molecule has 1 heterocycles. The van der Waals surface area contributed by atoms with E-state index >= 15 is 0 Å². The second-order valence-corrected chi connectivity index (χ2v) is 3.37. The van der Waals surface area contributed by atoms with Crippen LogP contribution in [0.25, 0.3) is 0 Å². The van der Waals surface area contributed by atoms with Crippen LogP contribution in [-0.4, -0.2) is 27.8 Å². The first-order valence-corrected chi connectivity index (χ1v) is 4.75. The standard InChI is InChI=1S/C9H13N3O2/c13-6-4-11-8-9(14)12(5-3-10-8)7-1-2-7/h3,5,7,13H,1-2,4,6H2,(H,10,11). The van der Waals surface area contributed by atoms with Crippen molar-refractivity contribution in [3.8, 4) is 0 Å². The van der Waals surface area contributed by atoms with E-state index in [-0.39, 0.29) is 12.2 Å². The van der Waals surface area contributed by atoms with Gasteiger partial charge in [-0.3, -0.25) is 4.79 Å². The predicted molar refractivity (Wildman–Crippen MR) is 52.3 cm³/mol.